The number of H-pyrrole nitrogens is 1. The number of nitrogens with one attached hydrogen (secondary N) is 1. The Hall–Kier alpha value is -4.04. The van der Waals surface area contributed by atoms with Crippen molar-refractivity contribution in [2.24, 2.45) is 0 Å². The minimum absolute atomic E-state index is 0.0597. The third kappa shape index (κ3) is 4.12. The lowest BCUT2D eigenvalue weighted by atomic mass is 10.1. The Labute approximate surface area is 167 Å². The van der Waals surface area contributed by atoms with Crippen LogP contribution in [0, 0.1) is 11.3 Å². The van der Waals surface area contributed by atoms with E-state index in [-0.39, 0.29) is 11.0 Å². The number of pyridine rings is 1. The molecule has 0 unspecified atom stereocenters. The molecule has 0 fully saturated rings. The number of nitriles is 1. The van der Waals surface area contributed by atoms with Crippen molar-refractivity contribution < 1.29 is 9.47 Å². The van der Waals surface area contributed by atoms with Crippen molar-refractivity contribution in [3.05, 3.63) is 106 Å². The molecule has 0 saturated carbocycles. The predicted octanol–water partition coefficient (Wildman–Crippen LogP) is 4.56. The highest BCUT2D eigenvalue weighted by Gasteiger charge is 2.13. The second kappa shape index (κ2) is 8.32. The van der Waals surface area contributed by atoms with Crippen LogP contribution >= 0.6 is 0 Å². The minimum atomic E-state index is -0.333. The quantitative estimate of drug-likeness (QED) is 0.530. The van der Waals surface area contributed by atoms with Gasteiger partial charge < -0.3 is 14.5 Å². The lowest BCUT2D eigenvalue weighted by Crippen LogP contribution is -2.08. The second-order valence-electron chi connectivity index (χ2n) is 6.54. The number of hydrogen-bond acceptors (Lipinski definition) is 4. The van der Waals surface area contributed by atoms with Crippen LogP contribution in [0.4, 0.5) is 0 Å². The van der Waals surface area contributed by atoms with E-state index < -0.39 is 0 Å². The first-order valence-electron chi connectivity index (χ1n) is 9.17. The maximum Gasteiger partial charge on any atom is 0.207 e. The van der Waals surface area contributed by atoms with Gasteiger partial charge in [0.05, 0.1) is 10.9 Å². The Kier molecular flexibility index (Phi) is 5.26. The van der Waals surface area contributed by atoms with Crippen LogP contribution in [-0.2, 0) is 13.2 Å². The topological polar surface area (TPSA) is 75.1 Å². The first kappa shape index (κ1) is 18.3. The largest absolute Gasteiger partial charge is 0.485 e. The van der Waals surface area contributed by atoms with E-state index in [1.807, 2.05) is 66.7 Å². The molecule has 5 nitrogen and oxygen atoms in total. The fourth-order valence-corrected chi connectivity index (χ4v) is 3.01. The fraction of sp³-hybridized carbons (Fsp3) is 0.0833. The van der Waals surface area contributed by atoms with Gasteiger partial charge in [0.15, 0.2) is 11.5 Å². The maximum atomic E-state index is 12.5. The number of fused-ring (bicyclic) bond motifs is 1. The minimum Gasteiger partial charge on any atom is -0.485 e. The summed E-state index contributed by atoms with van der Waals surface area (Å²) in [5.41, 5.74) is 2.34. The van der Waals surface area contributed by atoms with Crippen molar-refractivity contribution in [3.8, 4) is 17.6 Å². The van der Waals surface area contributed by atoms with Gasteiger partial charge in [-0.3, -0.25) is 4.79 Å². The lowest BCUT2D eigenvalue weighted by Gasteiger charge is -2.14. The third-order valence-corrected chi connectivity index (χ3v) is 4.54. The molecule has 5 heteroatoms. The first-order chi connectivity index (χ1) is 14.2. The van der Waals surface area contributed by atoms with Gasteiger partial charge in [0.1, 0.15) is 24.8 Å². The van der Waals surface area contributed by atoms with Crippen LogP contribution in [0.5, 0.6) is 11.5 Å². The number of hydrogen-bond donors (Lipinski definition) is 1. The van der Waals surface area contributed by atoms with Crippen LogP contribution in [0.25, 0.3) is 10.9 Å². The molecule has 0 amide bonds. The molecule has 4 aromatic rings. The number of aromatic amines is 1. The monoisotopic (exact) mass is 382 g/mol. The van der Waals surface area contributed by atoms with Gasteiger partial charge in [-0.25, -0.2) is 0 Å². The molecule has 0 aliphatic carbocycles. The van der Waals surface area contributed by atoms with Crippen molar-refractivity contribution in [1.82, 2.24) is 4.98 Å². The van der Waals surface area contributed by atoms with Crippen LogP contribution in [0.2, 0.25) is 0 Å². The van der Waals surface area contributed by atoms with E-state index in [1.165, 1.54) is 6.20 Å². The molecule has 4 rings (SSSR count). The van der Waals surface area contributed by atoms with Gasteiger partial charge in [0.2, 0.25) is 5.43 Å². The number of ether oxygens (including phenoxy) is 2. The van der Waals surface area contributed by atoms with Crippen LogP contribution < -0.4 is 14.9 Å². The summed E-state index contributed by atoms with van der Waals surface area (Å²) in [6.45, 7) is 0.707. The van der Waals surface area contributed by atoms with Crippen molar-refractivity contribution in [2.45, 2.75) is 13.2 Å². The van der Waals surface area contributed by atoms with Crippen molar-refractivity contribution in [1.29, 1.82) is 5.26 Å². The highest BCUT2D eigenvalue weighted by Crippen LogP contribution is 2.32. The van der Waals surface area contributed by atoms with E-state index in [4.69, 9.17) is 14.7 Å². The summed E-state index contributed by atoms with van der Waals surface area (Å²) in [7, 11) is 0. The summed E-state index contributed by atoms with van der Waals surface area (Å²) in [5.74, 6) is 0.982. The number of aromatic nitrogens is 1. The molecule has 1 aromatic heterocycles. The Morgan fingerprint density at radius 3 is 1.93 bits per heavy atom. The normalized spacial score (nSPS) is 10.4. The zero-order valence-electron chi connectivity index (χ0n) is 15.6. The molecule has 1 N–H and O–H groups in total. The molecular formula is C24H18N2O3. The molecule has 0 spiro atoms. The fourth-order valence-electron chi connectivity index (χ4n) is 3.01. The average molecular weight is 382 g/mol. The van der Waals surface area contributed by atoms with E-state index in [0.29, 0.717) is 35.6 Å². The van der Waals surface area contributed by atoms with Crippen LogP contribution in [0.15, 0.2) is 83.8 Å². The Morgan fingerprint density at radius 1 is 0.828 bits per heavy atom. The van der Waals surface area contributed by atoms with Crippen LogP contribution in [0.3, 0.4) is 0 Å². The SMILES string of the molecule is N#Cc1c[nH]c2cc(OCc3ccccc3)c(OCc3ccccc3)cc2c1=O. The van der Waals surface area contributed by atoms with E-state index in [9.17, 15) is 4.79 Å². The zero-order valence-corrected chi connectivity index (χ0v) is 15.6. The Bertz CT molecular complexity index is 1230. The van der Waals surface area contributed by atoms with E-state index in [0.717, 1.165) is 11.1 Å². The Balaban J connectivity index is 1.70. The van der Waals surface area contributed by atoms with Crippen molar-refractivity contribution in [3.63, 3.8) is 0 Å². The first-order valence-corrected chi connectivity index (χ1v) is 9.17. The molecule has 0 saturated heterocycles. The Morgan fingerprint density at radius 2 is 1.38 bits per heavy atom. The highest BCUT2D eigenvalue weighted by atomic mass is 16.5. The molecule has 142 valence electrons. The lowest BCUT2D eigenvalue weighted by molar-refractivity contribution is 0.256. The van der Waals surface area contributed by atoms with Gasteiger partial charge in [-0.2, -0.15) is 5.26 Å². The van der Waals surface area contributed by atoms with E-state index >= 15 is 0 Å². The molecule has 0 radical (unpaired) electrons. The molecule has 29 heavy (non-hydrogen) atoms. The summed E-state index contributed by atoms with van der Waals surface area (Å²) < 4.78 is 12.0. The summed E-state index contributed by atoms with van der Waals surface area (Å²) in [5, 5.41) is 9.53. The average Bonchev–Trinajstić information content (AvgIpc) is 2.78. The molecule has 3 aromatic carbocycles. The van der Waals surface area contributed by atoms with Crippen molar-refractivity contribution >= 4 is 10.9 Å². The molecular weight excluding hydrogens is 364 g/mol. The van der Waals surface area contributed by atoms with Gasteiger partial charge in [-0.1, -0.05) is 60.7 Å². The molecule has 0 aliphatic rings. The maximum absolute atomic E-state index is 12.5. The summed E-state index contributed by atoms with van der Waals surface area (Å²) >= 11 is 0. The second-order valence-corrected chi connectivity index (χ2v) is 6.54. The zero-order chi connectivity index (χ0) is 20.1. The predicted molar refractivity (Wildman–Crippen MR) is 111 cm³/mol. The summed E-state index contributed by atoms with van der Waals surface area (Å²) in [6, 6.07) is 24.8. The number of nitrogens with zero attached hydrogens (tertiary/aromatic N) is 1. The van der Waals surface area contributed by atoms with Gasteiger partial charge in [-0.05, 0) is 17.2 Å². The van der Waals surface area contributed by atoms with Gasteiger partial charge in [0, 0.05) is 12.3 Å². The van der Waals surface area contributed by atoms with Gasteiger partial charge in [-0.15, -0.1) is 0 Å². The summed E-state index contributed by atoms with van der Waals surface area (Å²) in [6.07, 6.45) is 1.41. The van der Waals surface area contributed by atoms with E-state index in [2.05, 4.69) is 4.98 Å². The number of benzene rings is 3. The molecule has 1 heterocycles. The van der Waals surface area contributed by atoms with E-state index in [1.54, 1.807) is 12.1 Å². The molecule has 0 bridgehead atoms. The van der Waals surface area contributed by atoms with Crippen LogP contribution in [-0.4, -0.2) is 4.98 Å². The standard InChI is InChI=1S/C24H18N2O3/c25-13-19-14-26-21-12-23(29-16-18-9-5-2-6-10-18)22(11-20(21)24(19)27)28-15-17-7-3-1-4-8-17/h1-12,14H,15-16H2,(H,26,27). The molecule has 0 aliphatic heterocycles. The highest BCUT2D eigenvalue weighted by molar-refractivity contribution is 5.83. The number of rotatable bonds is 6. The molecule has 0 atom stereocenters. The van der Waals surface area contributed by atoms with Gasteiger partial charge >= 0.3 is 0 Å². The third-order valence-electron chi connectivity index (χ3n) is 4.54. The van der Waals surface area contributed by atoms with Crippen molar-refractivity contribution in [2.75, 3.05) is 0 Å². The van der Waals surface area contributed by atoms with Crippen LogP contribution in [0.1, 0.15) is 16.7 Å². The van der Waals surface area contributed by atoms with Gasteiger partial charge in [0.25, 0.3) is 0 Å². The summed E-state index contributed by atoms with van der Waals surface area (Å²) in [4.78, 5) is 15.5. The smallest absolute Gasteiger partial charge is 0.207 e.